The van der Waals surface area contributed by atoms with Crippen molar-refractivity contribution in [3.8, 4) is 6.07 Å². The molecule has 5 nitrogen and oxygen atoms in total. The van der Waals surface area contributed by atoms with Gasteiger partial charge in [-0.2, -0.15) is 5.26 Å². The Morgan fingerprint density at radius 3 is 2.45 bits per heavy atom. The van der Waals surface area contributed by atoms with Crippen molar-refractivity contribution < 1.29 is 17.9 Å². The number of esters is 1. The van der Waals surface area contributed by atoms with Crippen LogP contribution in [0.4, 0.5) is 0 Å². The Kier molecular flexibility index (Phi) is 7.05. The van der Waals surface area contributed by atoms with Crippen molar-refractivity contribution in [2.45, 2.75) is 49.5 Å². The number of carbonyl (C=O) groups is 1. The maximum Gasteiger partial charge on any atom is 0.306 e. The summed E-state index contributed by atoms with van der Waals surface area (Å²) in [5, 5.41) is 8.84. The first kappa shape index (κ1) is 21.1. The fourth-order valence-electron chi connectivity index (χ4n) is 3.76. The summed E-state index contributed by atoms with van der Waals surface area (Å²) in [6, 6.07) is 18.0. The van der Waals surface area contributed by atoms with Crippen molar-refractivity contribution in [2.24, 2.45) is 5.92 Å². The van der Waals surface area contributed by atoms with Gasteiger partial charge in [0.05, 0.1) is 22.3 Å². The molecule has 0 aliphatic carbocycles. The maximum atomic E-state index is 12.6. The summed E-state index contributed by atoms with van der Waals surface area (Å²) < 4.78 is 30.7. The molecule has 1 aliphatic rings. The lowest BCUT2D eigenvalue weighted by Crippen LogP contribution is -2.33. The molecule has 3 rings (SSSR count). The molecule has 0 amide bonds. The van der Waals surface area contributed by atoms with Crippen LogP contribution in [0, 0.1) is 17.2 Å². The third-order valence-electron chi connectivity index (χ3n) is 5.23. The SMILES string of the molecule is N#Cc1ccc(CCCC[C@H]2C[C@@H](CS(=O)(=O)c3ccccc3)CC(=O)O2)cc1. The van der Waals surface area contributed by atoms with E-state index in [0.29, 0.717) is 16.9 Å². The molecule has 1 fully saturated rings. The van der Waals surface area contributed by atoms with E-state index < -0.39 is 9.84 Å². The van der Waals surface area contributed by atoms with Gasteiger partial charge in [-0.1, -0.05) is 30.3 Å². The van der Waals surface area contributed by atoms with Crippen LogP contribution >= 0.6 is 0 Å². The van der Waals surface area contributed by atoms with E-state index in [1.165, 1.54) is 5.56 Å². The maximum absolute atomic E-state index is 12.6. The van der Waals surface area contributed by atoms with Gasteiger partial charge in [-0.15, -0.1) is 0 Å². The zero-order chi connectivity index (χ0) is 20.7. The van der Waals surface area contributed by atoms with E-state index in [-0.39, 0.29) is 30.2 Å². The predicted octanol–water partition coefficient (Wildman–Crippen LogP) is 4.07. The molecule has 6 heteroatoms. The molecular formula is C23H25NO4S. The molecule has 0 aromatic heterocycles. The molecule has 0 N–H and O–H groups in total. The number of benzene rings is 2. The Morgan fingerprint density at radius 1 is 1.03 bits per heavy atom. The number of nitrogens with zero attached hydrogens (tertiary/aromatic N) is 1. The second kappa shape index (κ2) is 9.71. The van der Waals surface area contributed by atoms with E-state index in [1.807, 2.05) is 24.3 Å². The highest BCUT2D eigenvalue weighted by Crippen LogP contribution is 2.28. The van der Waals surface area contributed by atoms with Gasteiger partial charge < -0.3 is 4.74 Å². The van der Waals surface area contributed by atoms with Crippen molar-refractivity contribution in [2.75, 3.05) is 5.75 Å². The number of aryl methyl sites for hydroxylation is 1. The van der Waals surface area contributed by atoms with Gasteiger partial charge >= 0.3 is 5.97 Å². The standard InChI is InChI=1S/C23H25NO4S/c24-16-19-12-10-18(11-13-19)6-4-5-7-21-14-20(15-23(25)28-21)17-29(26,27)22-8-2-1-3-9-22/h1-3,8-13,20-21H,4-7,14-15,17H2/t20-,21+/m1/s1. The second-order valence-corrected chi connectivity index (χ2v) is 9.60. The summed E-state index contributed by atoms with van der Waals surface area (Å²) in [5.74, 6) is -0.528. The van der Waals surface area contributed by atoms with Crippen LogP contribution in [0.5, 0.6) is 0 Å². The van der Waals surface area contributed by atoms with Crippen molar-refractivity contribution in [1.29, 1.82) is 5.26 Å². The highest BCUT2D eigenvalue weighted by Gasteiger charge is 2.32. The Bertz CT molecular complexity index is 962. The Labute approximate surface area is 172 Å². The predicted molar refractivity (Wildman–Crippen MR) is 110 cm³/mol. The lowest BCUT2D eigenvalue weighted by molar-refractivity contribution is -0.156. The molecule has 2 aromatic rings. The highest BCUT2D eigenvalue weighted by atomic mass is 32.2. The van der Waals surface area contributed by atoms with E-state index in [1.54, 1.807) is 30.3 Å². The molecule has 0 unspecified atom stereocenters. The number of nitriles is 1. The largest absolute Gasteiger partial charge is 0.462 e. The fourth-order valence-corrected chi connectivity index (χ4v) is 5.40. The van der Waals surface area contributed by atoms with E-state index in [4.69, 9.17) is 10.00 Å². The monoisotopic (exact) mass is 411 g/mol. The quantitative estimate of drug-likeness (QED) is 0.483. The average molecular weight is 412 g/mol. The minimum Gasteiger partial charge on any atom is -0.462 e. The van der Waals surface area contributed by atoms with Gasteiger partial charge in [0.25, 0.3) is 0 Å². The first-order valence-electron chi connectivity index (χ1n) is 9.92. The number of unbranched alkanes of at least 4 members (excludes halogenated alkanes) is 1. The summed E-state index contributed by atoms with van der Waals surface area (Å²) in [6.45, 7) is 0. The van der Waals surface area contributed by atoms with Gasteiger partial charge in [-0.25, -0.2) is 8.42 Å². The first-order valence-corrected chi connectivity index (χ1v) is 11.6. The van der Waals surface area contributed by atoms with Crippen molar-refractivity contribution in [3.63, 3.8) is 0 Å². The van der Waals surface area contributed by atoms with Crippen LogP contribution < -0.4 is 0 Å². The number of sulfone groups is 1. The van der Waals surface area contributed by atoms with Gasteiger partial charge in [-0.3, -0.25) is 4.79 Å². The zero-order valence-corrected chi connectivity index (χ0v) is 17.1. The molecule has 1 saturated heterocycles. The third-order valence-corrected chi connectivity index (χ3v) is 7.13. The summed E-state index contributed by atoms with van der Waals surface area (Å²) in [7, 11) is -3.40. The van der Waals surface area contributed by atoms with Crippen LogP contribution in [0.1, 0.15) is 43.2 Å². The number of rotatable bonds is 8. The molecule has 152 valence electrons. The van der Waals surface area contributed by atoms with Gasteiger partial charge in [-0.05, 0) is 67.9 Å². The van der Waals surface area contributed by atoms with Crippen molar-refractivity contribution in [1.82, 2.24) is 0 Å². The fraction of sp³-hybridized carbons (Fsp3) is 0.391. The lowest BCUT2D eigenvalue weighted by Gasteiger charge is -2.28. The van der Waals surface area contributed by atoms with Gasteiger partial charge in [0, 0.05) is 6.42 Å². The molecular weight excluding hydrogens is 386 g/mol. The van der Waals surface area contributed by atoms with E-state index in [2.05, 4.69) is 6.07 Å². The van der Waals surface area contributed by atoms with Crippen LogP contribution in [-0.2, 0) is 25.8 Å². The van der Waals surface area contributed by atoms with E-state index in [9.17, 15) is 13.2 Å². The molecule has 29 heavy (non-hydrogen) atoms. The molecule has 0 radical (unpaired) electrons. The molecule has 1 heterocycles. The normalized spacial score (nSPS) is 19.3. The van der Waals surface area contributed by atoms with Gasteiger partial charge in [0.2, 0.25) is 0 Å². The topological polar surface area (TPSA) is 84.2 Å². The number of hydrogen-bond donors (Lipinski definition) is 0. The molecule has 1 aliphatic heterocycles. The molecule has 2 atom stereocenters. The van der Waals surface area contributed by atoms with E-state index >= 15 is 0 Å². The van der Waals surface area contributed by atoms with Crippen molar-refractivity contribution >= 4 is 15.8 Å². The number of cyclic esters (lactones) is 1. The number of carbonyl (C=O) groups excluding carboxylic acids is 1. The smallest absolute Gasteiger partial charge is 0.306 e. The highest BCUT2D eigenvalue weighted by molar-refractivity contribution is 7.91. The summed E-state index contributed by atoms with van der Waals surface area (Å²) >= 11 is 0. The summed E-state index contributed by atoms with van der Waals surface area (Å²) in [5.41, 5.74) is 1.83. The number of hydrogen-bond acceptors (Lipinski definition) is 5. The molecule has 2 aromatic carbocycles. The Hall–Kier alpha value is -2.65. The van der Waals surface area contributed by atoms with Gasteiger partial charge in [0.15, 0.2) is 9.84 Å². The van der Waals surface area contributed by atoms with Gasteiger partial charge in [0.1, 0.15) is 6.10 Å². The Morgan fingerprint density at radius 2 is 1.76 bits per heavy atom. The zero-order valence-electron chi connectivity index (χ0n) is 16.3. The van der Waals surface area contributed by atoms with E-state index in [0.717, 1.165) is 25.7 Å². The number of ether oxygens (including phenoxy) is 1. The molecule has 0 saturated carbocycles. The Balaban J connectivity index is 1.48. The molecule has 0 bridgehead atoms. The molecule has 0 spiro atoms. The van der Waals surface area contributed by atoms with Crippen LogP contribution in [0.15, 0.2) is 59.5 Å². The second-order valence-electron chi connectivity index (χ2n) is 7.57. The van der Waals surface area contributed by atoms with Crippen LogP contribution in [0.3, 0.4) is 0 Å². The summed E-state index contributed by atoms with van der Waals surface area (Å²) in [4.78, 5) is 12.3. The average Bonchev–Trinajstić information content (AvgIpc) is 2.71. The van der Waals surface area contributed by atoms with Crippen molar-refractivity contribution in [3.05, 3.63) is 65.7 Å². The minimum absolute atomic E-state index is 0.0200. The van der Waals surface area contributed by atoms with Crippen LogP contribution in [0.25, 0.3) is 0 Å². The third kappa shape index (κ3) is 6.16. The first-order chi connectivity index (χ1) is 14.0. The summed E-state index contributed by atoms with van der Waals surface area (Å²) in [6.07, 6.45) is 4.03. The lowest BCUT2D eigenvalue weighted by atomic mass is 9.93. The van der Waals surface area contributed by atoms with Crippen LogP contribution in [0.2, 0.25) is 0 Å². The van der Waals surface area contributed by atoms with Crippen LogP contribution in [-0.4, -0.2) is 26.2 Å². The minimum atomic E-state index is -3.40.